The van der Waals surface area contributed by atoms with Crippen molar-refractivity contribution in [2.24, 2.45) is 0 Å². The molecule has 0 saturated carbocycles. The average Bonchev–Trinajstić information content (AvgIpc) is 3.07. The number of sulfonamides is 1. The van der Waals surface area contributed by atoms with E-state index in [1.165, 1.54) is 16.8 Å². The number of benzene rings is 2. The van der Waals surface area contributed by atoms with Crippen LogP contribution in [0.1, 0.15) is 36.0 Å². The van der Waals surface area contributed by atoms with Crippen LogP contribution in [0.25, 0.3) is 0 Å². The van der Waals surface area contributed by atoms with Crippen molar-refractivity contribution in [1.29, 1.82) is 0 Å². The molecule has 160 valence electrons. The van der Waals surface area contributed by atoms with Crippen molar-refractivity contribution in [3.05, 3.63) is 52.0 Å². The Labute approximate surface area is 186 Å². The van der Waals surface area contributed by atoms with Crippen molar-refractivity contribution < 1.29 is 13.2 Å². The Morgan fingerprint density at radius 3 is 2.37 bits per heavy atom. The number of hydrogen-bond donors (Lipinski definition) is 1. The van der Waals surface area contributed by atoms with Gasteiger partial charge in [0.15, 0.2) is 0 Å². The van der Waals surface area contributed by atoms with Crippen LogP contribution in [0.5, 0.6) is 0 Å². The molecule has 1 amide bonds. The monoisotopic (exact) mass is 467 g/mol. The Morgan fingerprint density at radius 2 is 1.67 bits per heavy atom. The van der Waals surface area contributed by atoms with E-state index in [9.17, 15) is 13.2 Å². The van der Waals surface area contributed by atoms with Gasteiger partial charge in [-0.15, -0.1) is 0 Å². The van der Waals surface area contributed by atoms with Gasteiger partial charge >= 0.3 is 0 Å². The van der Waals surface area contributed by atoms with E-state index < -0.39 is 15.9 Å². The van der Waals surface area contributed by atoms with E-state index in [-0.39, 0.29) is 16.3 Å². The molecule has 2 aromatic carbocycles. The minimum absolute atomic E-state index is 0.110. The van der Waals surface area contributed by atoms with Crippen LogP contribution in [-0.2, 0) is 10.0 Å². The zero-order valence-electron chi connectivity index (χ0n) is 16.4. The molecule has 2 fully saturated rings. The molecular formula is C21H23Cl2N3O3S. The second kappa shape index (κ2) is 8.65. The quantitative estimate of drug-likeness (QED) is 0.702. The molecule has 0 aromatic heterocycles. The molecule has 0 unspecified atom stereocenters. The topological polar surface area (TPSA) is 69.7 Å². The van der Waals surface area contributed by atoms with Gasteiger partial charge in [0.2, 0.25) is 10.0 Å². The van der Waals surface area contributed by atoms with E-state index in [1.54, 1.807) is 18.2 Å². The average molecular weight is 468 g/mol. The lowest BCUT2D eigenvalue weighted by molar-refractivity contribution is 0.102. The molecule has 9 heteroatoms. The normalized spacial score (nSPS) is 18.5. The van der Waals surface area contributed by atoms with E-state index >= 15 is 0 Å². The van der Waals surface area contributed by atoms with Gasteiger partial charge in [-0.05, 0) is 62.1 Å². The molecule has 2 saturated heterocycles. The van der Waals surface area contributed by atoms with Gasteiger partial charge in [0.1, 0.15) is 0 Å². The van der Waals surface area contributed by atoms with E-state index in [0.717, 1.165) is 31.6 Å². The molecule has 0 aliphatic carbocycles. The molecule has 2 aromatic rings. The molecule has 0 radical (unpaired) electrons. The van der Waals surface area contributed by atoms with Crippen molar-refractivity contribution in [2.75, 3.05) is 39.9 Å². The predicted molar refractivity (Wildman–Crippen MR) is 123 cm³/mol. The number of nitrogens with one attached hydrogen (secondary N) is 1. The van der Waals surface area contributed by atoms with Crippen LogP contribution in [-0.4, -0.2) is 39.7 Å². The van der Waals surface area contributed by atoms with Crippen molar-refractivity contribution in [3.63, 3.8) is 0 Å². The van der Waals surface area contributed by atoms with Gasteiger partial charge in [-0.2, -0.15) is 0 Å². The summed E-state index contributed by atoms with van der Waals surface area (Å²) < 4.78 is 25.8. The third kappa shape index (κ3) is 4.53. The van der Waals surface area contributed by atoms with Gasteiger partial charge in [-0.25, -0.2) is 8.42 Å². The van der Waals surface area contributed by atoms with Crippen molar-refractivity contribution in [3.8, 4) is 0 Å². The number of hydrogen-bond acceptors (Lipinski definition) is 4. The van der Waals surface area contributed by atoms with Crippen LogP contribution in [0.3, 0.4) is 0 Å². The lowest BCUT2D eigenvalue weighted by Gasteiger charge is -2.29. The number of amides is 1. The number of piperidine rings is 1. The Hall–Kier alpha value is -1.96. The zero-order chi connectivity index (χ0) is 21.3. The molecule has 2 heterocycles. The summed E-state index contributed by atoms with van der Waals surface area (Å²) >= 11 is 12.6. The first-order valence-corrected chi connectivity index (χ1v) is 12.4. The summed E-state index contributed by atoms with van der Waals surface area (Å²) in [7, 11) is -3.34. The number of rotatable bonds is 4. The van der Waals surface area contributed by atoms with Gasteiger partial charge in [0.05, 0.1) is 22.0 Å². The Balaban J connectivity index is 1.58. The van der Waals surface area contributed by atoms with Crippen LogP contribution in [0.15, 0.2) is 36.4 Å². The smallest absolute Gasteiger partial charge is 0.257 e. The first-order chi connectivity index (χ1) is 14.3. The summed E-state index contributed by atoms with van der Waals surface area (Å²) in [4.78, 5) is 15.2. The SMILES string of the molecule is O=C(Nc1cc(Cl)cc(N2CCCCC2)c1)c1cc(N2CCCS2(=O)=O)ccc1Cl. The second-order valence-corrected chi connectivity index (χ2v) is 10.5. The highest BCUT2D eigenvalue weighted by molar-refractivity contribution is 7.93. The number of halogens is 2. The predicted octanol–water partition coefficient (Wildman–Crippen LogP) is 4.78. The minimum atomic E-state index is -3.34. The molecule has 4 rings (SSSR count). The third-order valence-corrected chi connectivity index (χ3v) is 7.86. The molecule has 1 N–H and O–H groups in total. The van der Waals surface area contributed by atoms with Gasteiger partial charge in [0, 0.05) is 36.0 Å². The van der Waals surface area contributed by atoms with Gasteiger partial charge in [-0.1, -0.05) is 23.2 Å². The van der Waals surface area contributed by atoms with Crippen LogP contribution in [0, 0.1) is 0 Å². The highest BCUT2D eigenvalue weighted by Gasteiger charge is 2.29. The molecule has 0 spiro atoms. The molecule has 2 aliphatic rings. The molecule has 0 bridgehead atoms. The van der Waals surface area contributed by atoms with Crippen molar-refractivity contribution in [2.45, 2.75) is 25.7 Å². The molecular weight excluding hydrogens is 445 g/mol. The number of carbonyl (C=O) groups is 1. The first kappa shape index (κ1) is 21.3. The third-order valence-electron chi connectivity index (χ3n) is 5.44. The minimum Gasteiger partial charge on any atom is -0.371 e. The van der Waals surface area contributed by atoms with E-state index in [2.05, 4.69) is 10.2 Å². The molecule has 30 heavy (non-hydrogen) atoms. The van der Waals surface area contributed by atoms with Crippen molar-refractivity contribution in [1.82, 2.24) is 0 Å². The summed E-state index contributed by atoms with van der Waals surface area (Å²) in [6.07, 6.45) is 4.06. The van der Waals surface area contributed by atoms with Crippen molar-refractivity contribution >= 4 is 56.2 Å². The number of carbonyl (C=O) groups excluding carboxylic acids is 1. The lowest BCUT2D eigenvalue weighted by atomic mass is 10.1. The fourth-order valence-electron chi connectivity index (χ4n) is 3.95. The fourth-order valence-corrected chi connectivity index (χ4v) is 5.94. The molecule has 2 aliphatic heterocycles. The van der Waals surface area contributed by atoms with E-state index in [4.69, 9.17) is 23.2 Å². The summed E-state index contributed by atoms with van der Waals surface area (Å²) in [5.41, 5.74) is 2.21. The molecule has 6 nitrogen and oxygen atoms in total. The highest BCUT2D eigenvalue weighted by atomic mass is 35.5. The maximum absolute atomic E-state index is 12.9. The standard InChI is InChI=1S/C21H23Cl2N3O3S/c22-15-11-16(13-18(12-15)25-7-2-1-3-8-25)24-21(27)19-14-17(5-6-20(19)23)26-9-4-10-30(26,28)29/h5-6,11-14H,1-4,7-10H2,(H,24,27). The number of anilines is 3. The molecule has 0 atom stereocenters. The van der Waals surface area contributed by atoms with Crippen LogP contribution in [0.4, 0.5) is 17.1 Å². The highest BCUT2D eigenvalue weighted by Crippen LogP contribution is 2.31. The van der Waals surface area contributed by atoms with Crippen LogP contribution < -0.4 is 14.5 Å². The Kier molecular flexibility index (Phi) is 6.14. The summed E-state index contributed by atoms with van der Waals surface area (Å²) in [6, 6.07) is 10.2. The van der Waals surface area contributed by atoms with Crippen LogP contribution >= 0.6 is 23.2 Å². The summed E-state index contributed by atoms with van der Waals surface area (Å²) in [5, 5.41) is 3.65. The maximum atomic E-state index is 12.9. The van der Waals surface area contributed by atoms with E-state index in [1.807, 2.05) is 12.1 Å². The lowest BCUT2D eigenvalue weighted by Crippen LogP contribution is -2.29. The zero-order valence-corrected chi connectivity index (χ0v) is 18.7. The fraction of sp³-hybridized carbons (Fsp3) is 0.381. The van der Waals surface area contributed by atoms with Gasteiger partial charge in [-0.3, -0.25) is 9.10 Å². The van der Waals surface area contributed by atoms with E-state index in [0.29, 0.717) is 29.4 Å². The van der Waals surface area contributed by atoms with Gasteiger partial charge < -0.3 is 10.2 Å². The summed E-state index contributed by atoms with van der Waals surface area (Å²) in [6.45, 7) is 2.33. The summed E-state index contributed by atoms with van der Waals surface area (Å²) in [5.74, 6) is -0.302. The number of nitrogens with zero attached hydrogens (tertiary/aromatic N) is 2. The van der Waals surface area contributed by atoms with Crippen LogP contribution in [0.2, 0.25) is 10.0 Å². The van der Waals surface area contributed by atoms with Gasteiger partial charge in [0.25, 0.3) is 5.91 Å². The largest absolute Gasteiger partial charge is 0.371 e. The maximum Gasteiger partial charge on any atom is 0.257 e. The second-order valence-electron chi connectivity index (χ2n) is 7.61. The Bertz CT molecular complexity index is 1070. The Morgan fingerprint density at radius 1 is 0.900 bits per heavy atom. The first-order valence-electron chi connectivity index (χ1n) is 10.0.